The normalized spacial score (nSPS) is 10.8. The second kappa shape index (κ2) is 5.29. The second-order valence-electron chi connectivity index (χ2n) is 3.61. The van der Waals surface area contributed by atoms with Gasteiger partial charge in [-0.05, 0) is 30.2 Å². The monoisotopic (exact) mass is 252 g/mol. The zero-order valence-corrected chi connectivity index (χ0v) is 10.2. The molecule has 3 N–H and O–H groups in total. The fourth-order valence-corrected chi connectivity index (χ4v) is 2.33. The Morgan fingerprint density at radius 2 is 2.24 bits per heavy atom. The molecule has 0 saturated heterocycles. The molecule has 0 spiro atoms. The van der Waals surface area contributed by atoms with Crippen molar-refractivity contribution in [1.29, 1.82) is 0 Å². The van der Waals surface area contributed by atoms with Crippen LogP contribution in [0.15, 0.2) is 23.4 Å². The number of aromatic amines is 1. The van der Waals surface area contributed by atoms with Gasteiger partial charge in [-0.25, -0.2) is 9.37 Å². The Balaban J connectivity index is 2.08. The van der Waals surface area contributed by atoms with Crippen molar-refractivity contribution >= 4 is 11.8 Å². The Morgan fingerprint density at radius 1 is 1.41 bits per heavy atom. The van der Waals surface area contributed by atoms with E-state index in [1.54, 1.807) is 6.07 Å². The van der Waals surface area contributed by atoms with Gasteiger partial charge in [0.25, 0.3) is 0 Å². The van der Waals surface area contributed by atoms with Gasteiger partial charge in [0.05, 0.1) is 0 Å². The van der Waals surface area contributed by atoms with Crippen LogP contribution in [0.1, 0.15) is 17.0 Å². The number of hydrogen-bond donors (Lipinski definition) is 2. The third-order valence-corrected chi connectivity index (χ3v) is 3.22. The first-order chi connectivity index (χ1) is 8.19. The molecule has 0 amide bonds. The fourth-order valence-electron chi connectivity index (χ4n) is 1.45. The summed E-state index contributed by atoms with van der Waals surface area (Å²) in [5, 5.41) is 7.49. The lowest BCUT2D eigenvalue weighted by Gasteiger charge is -2.06. The molecule has 0 aliphatic carbocycles. The molecule has 6 heteroatoms. The average molecular weight is 252 g/mol. The number of nitrogens with two attached hydrogens (primary N) is 1. The van der Waals surface area contributed by atoms with Gasteiger partial charge in [0.1, 0.15) is 11.6 Å². The first kappa shape index (κ1) is 12.1. The Labute approximate surface area is 103 Å². The van der Waals surface area contributed by atoms with E-state index in [2.05, 4.69) is 15.2 Å². The van der Waals surface area contributed by atoms with Crippen molar-refractivity contribution in [2.75, 3.05) is 0 Å². The van der Waals surface area contributed by atoms with Crippen LogP contribution in [0, 0.1) is 12.7 Å². The number of nitrogens with one attached hydrogen (secondary N) is 1. The number of aryl methyl sites for hydroxylation is 1. The van der Waals surface area contributed by atoms with Crippen LogP contribution in [0.4, 0.5) is 4.39 Å². The van der Waals surface area contributed by atoms with Crippen molar-refractivity contribution < 1.29 is 4.39 Å². The quantitative estimate of drug-likeness (QED) is 0.817. The third-order valence-electron chi connectivity index (χ3n) is 2.32. The lowest BCUT2D eigenvalue weighted by atomic mass is 10.1. The van der Waals surface area contributed by atoms with Gasteiger partial charge in [-0.3, -0.25) is 5.10 Å². The number of hydrogen-bond acceptors (Lipinski definition) is 4. The summed E-state index contributed by atoms with van der Waals surface area (Å²) in [5.74, 6) is 1.21. The maximum Gasteiger partial charge on any atom is 0.208 e. The Morgan fingerprint density at radius 3 is 2.88 bits per heavy atom. The predicted molar refractivity (Wildman–Crippen MR) is 65.0 cm³/mol. The molecule has 2 aromatic rings. The molecule has 90 valence electrons. The van der Waals surface area contributed by atoms with E-state index >= 15 is 0 Å². The van der Waals surface area contributed by atoms with E-state index in [-0.39, 0.29) is 5.82 Å². The van der Waals surface area contributed by atoms with E-state index in [0.717, 1.165) is 17.0 Å². The SMILES string of the molecule is Cc1nc(SCc2ccc(F)cc2CN)n[nH]1. The molecule has 0 aliphatic heterocycles. The van der Waals surface area contributed by atoms with Crippen LogP contribution in [0.3, 0.4) is 0 Å². The predicted octanol–water partition coefficient (Wildman–Crippen LogP) is 2.00. The molecule has 17 heavy (non-hydrogen) atoms. The molecular formula is C11H13FN4S. The lowest BCUT2D eigenvalue weighted by Crippen LogP contribution is -2.01. The van der Waals surface area contributed by atoms with E-state index in [0.29, 0.717) is 17.5 Å². The topological polar surface area (TPSA) is 67.6 Å². The van der Waals surface area contributed by atoms with Gasteiger partial charge in [0.15, 0.2) is 0 Å². The van der Waals surface area contributed by atoms with E-state index in [4.69, 9.17) is 5.73 Å². The molecule has 1 aromatic carbocycles. The minimum absolute atomic E-state index is 0.257. The Bertz CT molecular complexity index is 512. The van der Waals surface area contributed by atoms with Gasteiger partial charge in [-0.15, -0.1) is 5.10 Å². The molecule has 0 aliphatic rings. The number of thioether (sulfide) groups is 1. The summed E-state index contributed by atoms with van der Waals surface area (Å²) < 4.78 is 13.0. The van der Waals surface area contributed by atoms with E-state index in [1.807, 2.05) is 6.92 Å². The van der Waals surface area contributed by atoms with Crippen LogP contribution in [0.2, 0.25) is 0 Å². The smallest absolute Gasteiger partial charge is 0.208 e. The zero-order chi connectivity index (χ0) is 12.3. The molecule has 0 atom stereocenters. The summed E-state index contributed by atoms with van der Waals surface area (Å²) in [4.78, 5) is 4.19. The average Bonchev–Trinajstić information content (AvgIpc) is 2.73. The van der Waals surface area contributed by atoms with Crippen molar-refractivity contribution in [1.82, 2.24) is 15.2 Å². The summed E-state index contributed by atoms with van der Waals surface area (Å²) in [5.41, 5.74) is 7.42. The van der Waals surface area contributed by atoms with Crippen LogP contribution in [0.25, 0.3) is 0 Å². The molecular weight excluding hydrogens is 239 g/mol. The van der Waals surface area contributed by atoms with Crippen molar-refractivity contribution in [2.24, 2.45) is 5.73 Å². The van der Waals surface area contributed by atoms with Gasteiger partial charge in [-0.2, -0.15) is 0 Å². The van der Waals surface area contributed by atoms with E-state index < -0.39 is 0 Å². The van der Waals surface area contributed by atoms with Gasteiger partial charge in [0, 0.05) is 12.3 Å². The highest BCUT2D eigenvalue weighted by Gasteiger charge is 2.06. The minimum atomic E-state index is -0.257. The van der Waals surface area contributed by atoms with Gasteiger partial charge in [0.2, 0.25) is 5.16 Å². The summed E-state index contributed by atoms with van der Waals surface area (Å²) >= 11 is 1.50. The van der Waals surface area contributed by atoms with Crippen LogP contribution >= 0.6 is 11.8 Å². The first-order valence-electron chi connectivity index (χ1n) is 5.18. The van der Waals surface area contributed by atoms with Crippen LogP contribution in [0.5, 0.6) is 0 Å². The van der Waals surface area contributed by atoms with E-state index in [1.165, 1.54) is 23.9 Å². The highest BCUT2D eigenvalue weighted by atomic mass is 32.2. The van der Waals surface area contributed by atoms with E-state index in [9.17, 15) is 4.39 Å². The van der Waals surface area contributed by atoms with Gasteiger partial charge < -0.3 is 5.73 Å². The fraction of sp³-hybridized carbons (Fsp3) is 0.273. The molecule has 0 bridgehead atoms. The molecule has 0 saturated carbocycles. The molecule has 4 nitrogen and oxygen atoms in total. The largest absolute Gasteiger partial charge is 0.326 e. The Hall–Kier alpha value is -1.40. The highest BCUT2D eigenvalue weighted by Crippen LogP contribution is 2.22. The number of rotatable bonds is 4. The van der Waals surface area contributed by atoms with Crippen LogP contribution < -0.4 is 5.73 Å². The highest BCUT2D eigenvalue weighted by molar-refractivity contribution is 7.98. The molecule has 2 rings (SSSR count). The summed E-state index contributed by atoms with van der Waals surface area (Å²) in [6.07, 6.45) is 0. The number of aromatic nitrogens is 3. The minimum Gasteiger partial charge on any atom is -0.326 e. The maximum atomic E-state index is 13.0. The van der Waals surface area contributed by atoms with Gasteiger partial charge in [-0.1, -0.05) is 17.8 Å². The van der Waals surface area contributed by atoms with Crippen LogP contribution in [-0.4, -0.2) is 15.2 Å². The molecule has 0 unspecified atom stereocenters. The summed E-state index contributed by atoms with van der Waals surface area (Å²) in [6.45, 7) is 2.18. The first-order valence-corrected chi connectivity index (χ1v) is 6.17. The molecule has 0 fully saturated rings. The molecule has 1 heterocycles. The van der Waals surface area contributed by atoms with Crippen molar-refractivity contribution in [3.05, 3.63) is 41.0 Å². The number of H-pyrrole nitrogens is 1. The third kappa shape index (κ3) is 3.04. The molecule has 0 radical (unpaired) electrons. The standard InChI is InChI=1S/C11H13FN4S/c1-7-14-11(16-15-7)17-6-8-2-3-10(12)4-9(8)5-13/h2-4H,5-6,13H2,1H3,(H,14,15,16). The summed E-state index contributed by atoms with van der Waals surface area (Å²) in [6, 6.07) is 4.67. The van der Waals surface area contributed by atoms with Gasteiger partial charge >= 0.3 is 0 Å². The molecule has 1 aromatic heterocycles. The number of nitrogens with zero attached hydrogens (tertiary/aromatic N) is 2. The van der Waals surface area contributed by atoms with Crippen molar-refractivity contribution in [3.8, 4) is 0 Å². The van der Waals surface area contributed by atoms with Crippen molar-refractivity contribution in [2.45, 2.75) is 24.4 Å². The Kier molecular flexibility index (Phi) is 3.75. The summed E-state index contributed by atoms with van der Waals surface area (Å²) in [7, 11) is 0. The van der Waals surface area contributed by atoms with Crippen LogP contribution in [-0.2, 0) is 12.3 Å². The second-order valence-corrected chi connectivity index (χ2v) is 4.55. The lowest BCUT2D eigenvalue weighted by molar-refractivity contribution is 0.624. The maximum absolute atomic E-state index is 13.0. The number of benzene rings is 1. The van der Waals surface area contributed by atoms with Crippen molar-refractivity contribution in [3.63, 3.8) is 0 Å². The number of halogens is 1. The zero-order valence-electron chi connectivity index (χ0n) is 9.40.